The van der Waals surface area contributed by atoms with Crippen molar-refractivity contribution in [2.45, 2.75) is 19.3 Å². The van der Waals surface area contributed by atoms with Gasteiger partial charge in [0.25, 0.3) is 5.91 Å². The smallest absolute Gasteiger partial charge is 0.262 e. The van der Waals surface area contributed by atoms with E-state index < -0.39 is 0 Å². The van der Waals surface area contributed by atoms with E-state index >= 15 is 0 Å². The van der Waals surface area contributed by atoms with Gasteiger partial charge in [-0.3, -0.25) is 19.4 Å². The molecule has 3 heterocycles. The number of Topliss-reactive ketones (excluding diaryl/α,β-unsaturated/α-hetero) is 1. The lowest BCUT2D eigenvalue weighted by molar-refractivity contribution is -0.131. The third-order valence-electron chi connectivity index (χ3n) is 5.17. The van der Waals surface area contributed by atoms with Crippen LogP contribution in [0.15, 0.2) is 42.6 Å². The molecule has 0 spiro atoms. The summed E-state index contributed by atoms with van der Waals surface area (Å²) in [5, 5.41) is 2.73. The van der Waals surface area contributed by atoms with Crippen LogP contribution < -0.4 is 10.1 Å². The fourth-order valence-electron chi connectivity index (χ4n) is 3.63. The first-order valence-corrected chi connectivity index (χ1v) is 9.39. The zero-order valence-electron chi connectivity index (χ0n) is 15.4. The molecule has 0 radical (unpaired) electrons. The second-order valence-corrected chi connectivity index (χ2v) is 7.06. The monoisotopic (exact) mass is 379 g/mol. The highest BCUT2D eigenvalue weighted by Crippen LogP contribution is 2.30. The SMILES string of the molecule is O=C1COc2ccc(C(=O)C3CCN(C(=O)Cc4ccccn4)CC3)cc2N1. The van der Waals surface area contributed by atoms with E-state index in [1.165, 1.54) is 0 Å². The normalized spacial score (nSPS) is 16.7. The molecule has 2 aliphatic rings. The Kier molecular flexibility index (Phi) is 5.06. The molecule has 1 N–H and O–H groups in total. The number of nitrogens with zero attached hydrogens (tertiary/aromatic N) is 2. The molecule has 0 unspecified atom stereocenters. The zero-order valence-corrected chi connectivity index (χ0v) is 15.4. The fourth-order valence-corrected chi connectivity index (χ4v) is 3.63. The van der Waals surface area contributed by atoms with Gasteiger partial charge in [-0.25, -0.2) is 0 Å². The number of hydrogen-bond acceptors (Lipinski definition) is 5. The van der Waals surface area contributed by atoms with Crippen molar-refractivity contribution in [1.82, 2.24) is 9.88 Å². The van der Waals surface area contributed by atoms with Crippen LogP contribution in [0.2, 0.25) is 0 Å². The molecule has 1 aromatic carbocycles. The first-order chi connectivity index (χ1) is 13.6. The maximum absolute atomic E-state index is 12.9. The molecule has 144 valence electrons. The number of rotatable bonds is 4. The summed E-state index contributed by atoms with van der Waals surface area (Å²) in [6, 6.07) is 10.7. The summed E-state index contributed by atoms with van der Waals surface area (Å²) in [6.45, 7) is 1.12. The van der Waals surface area contributed by atoms with Gasteiger partial charge in [0.15, 0.2) is 12.4 Å². The van der Waals surface area contributed by atoms with Crippen molar-refractivity contribution in [3.05, 3.63) is 53.9 Å². The third-order valence-corrected chi connectivity index (χ3v) is 5.17. The highest BCUT2D eigenvalue weighted by Gasteiger charge is 2.29. The summed E-state index contributed by atoms with van der Waals surface area (Å²) in [7, 11) is 0. The zero-order chi connectivity index (χ0) is 19.5. The number of pyridine rings is 1. The Morgan fingerprint density at radius 2 is 2.00 bits per heavy atom. The summed E-state index contributed by atoms with van der Waals surface area (Å²) in [4.78, 5) is 42.8. The second-order valence-electron chi connectivity index (χ2n) is 7.06. The number of fused-ring (bicyclic) bond motifs is 1. The molecule has 2 aromatic rings. The quantitative estimate of drug-likeness (QED) is 0.822. The van der Waals surface area contributed by atoms with Gasteiger partial charge in [0.2, 0.25) is 5.91 Å². The Labute approximate surface area is 162 Å². The average Bonchev–Trinajstić information content (AvgIpc) is 2.73. The maximum Gasteiger partial charge on any atom is 0.262 e. The minimum absolute atomic E-state index is 0.00865. The van der Waals surface area contributed by atoms with Crippen LogP contribution in [0, 0.1) is 5.92 Å². The molecule has 1 fully saturated rings. The molecule has 0 bridgehead atoms. The number of carbonyl (C=O) groups excluding carboxylic acids is 3. The minimum Gasteiger partial charge on any atom is -0.482 e. The molecule has 7 nitrogen and oxygen atoms in total. The number of aromatic nitrogens is 1. The van der Waals surface area contributed by atoms with E-state index in [2.05, 4.69) is 10.3 Å². The second kappa shape index (κ2) is 7.80. The lowest BCUT2D eigenvalue weighted by atomic mass is 9.88. The fraction of sp³-hybridized carbons (Fsp3) is 0.333. The molecule has 0 saturated carbocycles. The van der Waals surface area contributed by atoms with Crippen LogP contribution in [-0.4, -0.2) is 47.2 Å². The molecule has 28 heavy (non-hydrogen) atoms. The van der Waals surface area contributed by atoms with E-state index in [-0.39, 0.29) is 36.5 Å². The van der Waals surface area contributed by atoms with Crippen LogP contribution in [0.4, 0.5) is 5.69 Å². The van der Waals surface area contributed by atoms with Gasteiger partial charge in [-0.1, -0.05) is 6.07 Å². The Balaban J connectivity index is 1.36. The van der Waals surface area contributed by atoms with Crippen molar-refractivity contribution >= 4 is 23.3 Å². The summed E-state index contributed by atoms with van der Waals surface area (Å²) < 4.78 is 5.33. The highest BCUT2D eigenvalue weighted by molar-refractivity contribution is 6.01. The van der Waals surface area contributed by atoms with Crippen LogP contribution >= 0.6 is 0 Å². The van der Waals surface area contributed by atoms with Crippen LogP contribution in [0.25, 0.3) is 0 Å². The first kappa shape index (κ1) is 18.2. The topological polar surface area (TPSA) is 88.6 Å². The Morgan fingerprint density at radius 1 is 1.18 bits per heavy atom. The minimum atomic E-state index is -0.225. The average molecular weight is 379 g/mol. The van der Waals surface area contributed by atoms with E-state index in [1.807, 2.05) is 18.2 Å². The molecule has 0 aliphatic carbocycles. The predicted molar refractivity (Wildman–Crippen MR) is 102 cm³/mol. The van der Waals surface area contributed by atoms with Gasteiger partial charge in [-0.2, -0.15) is 0 Å². The Bertz CT molecular complexity index is 905. The number of nitrogens with one attached hydrogen (secondary N) is 1. The molecule has 2 aliphatic heterocycles. The van der Waals surface area contributed by atoms with Gasteiger partial charge < -0.3 is 15.0 Å². The van der Waals surface area contributed by atoms with E-state index in [0.29, 0.717) is 42.9 Å². The largest absolute Gasteiger partial charge is 0.482 e. The molecule has 1 aromatic heterocycles. The predicted octanol–water partition coefficient (Wildman–Crippen LogP) is 2.08. The number of likely N-dealkylation sites (tertiary alicyclic amines) is 1. The van der Waals surface area contributed by atoms with Crippen molar-refractivity contribution in [3.8, 4) is 5.75 Å². The van der Waals surface area contributed by atoms with Crippen molar-refractivity contribution in [1.29, 1.82) is 0 Å². The molecule has 7 heteroatoms. The number of piperidine rings is 1. The summed E-state index contributed by atoms with van der Waals surface area (Å²) in [5.74, 6) is 0.303. The van der Waals surface area contributed by atoms with E-state index in [0.717, 1.165) is 5.69 Å². The van der Waals surface area contributed by atoms with Crippen molar-refractivity contribution in [2.75, 3.05) is 25.0 Å². The molecule has 0 atom stereocenters. The van der Waals surface area contributed by atoms with Crippen molar-refractivity contribution < 1.29 is 19.1 Å². The first-order valence-electron chi connectivity index (χ1n) is 9.39. The van der Waals surface area contributed by atoms with Crippen LogP contribution in [0.3, 0.4) is 0 Å². The third kappa shape index (κ3) is 3.88. The number of ether oxygens (including phenoxy) is 1. The van der Waals surface area contributed by atoms with E-state index in [4.69, 9.17) is 4.74 Å². The standard InChI is InChI=1S/C21H21N3O4/c25-19-13-28-18-5-4-15(11-17(18)23-19)21(27)14-6-9-24(10-7-14)20(26)12-16-3-1-2-8-22-16/h1-5,8,11,14H,6-7,9-10,12-13H2,(H,23,25). The van der Waals surface area contributed by atoms with E-state index in [9.17, 15) is 14.4 Å². The molecular formula is C21H21N3O4. The van der Waals surface area contributed by atoms with Gasteiger partial charge in [-0.05, 0) is 43.2 Å². The van der Waals surface area contributed by atoms with Crippen molar-refractivity contribution in [2.24, 2.45) is 5.92 Å². The van der Waals surface area contributed by atoms with Gasteiger partial charge in [0, 0.05) is 36.5 Å². The summed E-state index contributed by atoms with van der Waals surface area (Å²) in [6.07, 6.45) is 3.23. The van der Waals surface area contributed by atoms with Gasteiger partial charge in [0.1, 0.15) is 5.75 Å². The Hall–Kier alpha value is -3.22. The number of hydrogen-bond donors (Lipinski definition) is 1. The number of amides is 2. The van der Waals surface area contributed by atoms with Gasteiger partial charge in [-0.15, -0.1) is 0 Å². The number of anilines is 1. The number of carbonyl (C=O) groups is 3. The van der Waals surface area contributed by atoms with Gasteiger partial charge >= 0.3 is 0 Å². The van der Waals surface area contributed by atoms with Crippen molar-refractivity contribution in [3.63, 3.8) is 0 Å². The van der Waals surface area contributed by atoms with Crippen LogP contribution in [-0.2, 0) is 16.0 Å². The lowest BCUT2D eigenvalue weighted by Gasteiger charge is -2.31. The van der Waals surface area contributed by atoms with Crippen LogP contribution in [0.5, 0.6) is 5.75 Å². The molecular weight excluding hydrogens is 358 g/mol. The van der Waals surface area contributed by atoms with E-state index in [1.54, 1.807) is 29.3 Å². The number of benzene rings is 1. The van der Waals surface area contributed by atoms with Gasteiger partial charge in [0.05, 0.1) is 12.1 Å². The lowest BCUT2D eigenvalue weighted by Crippen LogP contribution is -2.41. The summed E-state index contributed by atoms with van der Waals surface area (Å²) in [5.41, 5.74) is 1.84. The maximum atomic E-state index is 12.9. The highest BCUT2D eigenvalue weighted by atomic mass is 16.5. The molecule has 4 rings (SSSR count). The van der Waals surface area contributed by atoms with Crippen LogP contribution in [0.1, 0.15) is 28.9 Å². The Morgan fingerprint density at radius 3 is 2.75 bits per heavy atom. The number of ketones is 1. The summed E-state index contributed by atoms with van der Waals surface area (Å²) >= 11 is 0. The molecule has 2 amide bonds. The molecule has 1 saturated heterocycles.